The molecule has 2 aliphatic heterocycles. The summed E-state index contributed by atoms with van der Waals surface area (Å²) >= 11 is 0. The minimum atomic E-state index is -0.516. The minimum absolute atomic E-state index is 0.0651. The molecule has 3 N–H and O–H groups in total. The fourth-order valence-corrected chi connectivity index (χ4v) is 5.11. The van der Waals surface area contributed by atoms with E-state index >= 15 is 0 Å². The molecule has 0 unspecified atom stereocenters. The van der Waals surface area contributed by atoms with Gasteiger partial charge in [-0.15, -0.1) is 0 Å². The van der Waals surface area contributed by atoms with Crippen LogP contribution in [-0.4, -0.2) is 30.7 Å². The van der Waals surface area contributed by atoms with Crippen molar-refractivity contribution in [2.45, 2.75) is 76.5 Å². The monoisotopic (exact) mass is 397 g/mol. The van der Waals surface area contributed by atoms with Crippen LogP contribution in [0.15, 0.2) is 23.2 Å². The molecule has 1 aromatic rings. The van der Waals surface area contributed by atoms with E-state index in [2.05, 4.69) is 23.5 Å². The summed E-state index contributed by atoms with van der Waals surface area (Å²) < 4.78 is 12.2. The molecule has 0 saturated heterocycles. The Morgan fingerprint density at radius 1 is 1.24 bits per heavy atom. The van der Waals surface area contributed by atoms with E-state index in [0.29, 0.717) is 12.5 Å². The number of nitrogens with two attached hydrogens (primary N) is 1. The van der Waals surface area contributed by atoms with Crippen molar-refractivity contribution >= 4 is 11.9 Å². The summed E-state index contributed by atoms with van der Waals surface area (Å²) in [6, 6.07) is 6.95. The molecular weight excluding hydrogens is 366 g/mol. The normalized spacial score (nSPS) is 33.2. The minimum Gasteiger partial charge on any atom is -0.490 e. The van der Waals surface area contributed by atoms with Crippen LogP contribution in [0.5, 0.6) is 5.75 Å². The summed E-state index contributed by atoms with van der Waals surface area (Å²) in [6.45, 7) is 6.30. The van der Waals surface area contributed by atoms with E-state index in [1.54, 1.807) is 0 Å². The molecule has 29 heavy (non-hydrogen) atoms. The maximum absolute atomic E-state index is 12.6. The van der Waals surface area contributed by atoms with Crippen molar-refractivity contribution in [1.29, 1.82) is 0 Å². The predicted octanol–water partition coefficient (Wildman–Crippen LogP) is 3.20. The lowest BCUT2D eigenvalue weighted by Crippen LogP contribution is -2.55. The summed E-state index contributed by atoms with van der Waals surface area (Å²) in [6.07, 6.45) is 5.19. The molecule has 4 atom stereocenters. The summed E-state index contributed by atoms with van der Waals surface area (Å²) in [5.41, 5.74) is 7.57. The second-order valence-corrected chi connectivity index (χ2v) is 10.2. The third kappa shape index (κ3) is 3.17. The first-order chi connectivity index (χ1) is 13.8. The molecule has 2 saturated carbocycles. The topological polar surface area (TPSA) is 85.9 Å². The Morgan fingerprint density at radius 2 is 2.03 bits per heavy atom. The lowest BCUT2D eigenvalue weighted by molar-refractivity contribution is -0.130. The zero-order valence-corrected chi connectivity index (χ0v) is 17.5. The molecule has 0 radical (unpaired) electrons. The van der Waals surface area contributed by atoms with Crippen molar-refractivity contribution in [1.82, 2.24) is 5.32 Å². The molecule has 6 nitrogen and oxygen atoms in total. The van der Waals surface area contributed by atoms with Crippen LogP contribution < -0.4 is 15.8 Å². The van der Waals surface area contributed by atoms with Crippen molar-refractivity contribution in [2.75, 3.05) is 6.61 Å². The van der Waals surface area contributed by atoms with Gasteiger partial charge in [0.2, 0.25) is 5.91 Å². The second kappa shape index (κ2) is 6.38. The predicted molar refractivity (Wildman–Crippen MR) is 111 cm³/mol. The van der Waals surface area contributed by atoms with Gasteiger partial charge in [-0.05, 0) is 55.7 Å². The van der Waals surface area contributed by atoms with Gasteiger partial charge in [-0.25, -0.2) is 4.99 Å². The van der Waals surface area contributed by atoms with E-state index in [1.807, 2.05) is 20.8 Å². The highest BCUT2D eigenvalue weighted by molar-refractivity contribution is 5.81. The van der Waals surface area contributed by atoms with Crippen molar-refractivity contribution in [2.24, 2.45) is 22.1 Å². The van der Waals surface area contributed by atoms with E-state index in [9.17, 15) is 4.79 Å². The zero-order chi connectivity index (χ0) is 20.4. The van der Waals surface area contributed by atoms with Crippen LogP contribution in [0.4, 0.5) is 0 Å². The fourth-order valence-electron chi connectivity index (χ4n) is 5.11. The maximum Gasteiger partial charge on any atom is 0.283 e. The largest absolute Gasteiger partial charge is 0.490 e. The van der Waals surface area contributed by atoms with Gasteiger partial charge >= 0.3 is 0 Å². The number of aliphatic imine (C=N–C) groups is 1. The van der Waals surface area contributed by atoms with Gasteiger partial charge in [0.05, 0.1) is 0 Å². The molecule has 1 aromatic carbocycles. The number of rotatable bonds is 2. The van der Waals surface area contributed by atoms with Crippen LogP contribution in [0.3, 0.4) is 0 Å². The zero-order valence-electron chi connectivity index (χ0n) is 17.5. The number of nitrogens with one attached hydrogen (secondary N) is 1. The fraction of sp³-hybridized carbons (Fsp3) is 0.652. The standard InChI is InChI=1S/C23H31N3O3/c1-22(2,3)20(27)25-15-7-9-19-17(11-15)23(12-28-21(24)26-23)16-10-14(13-4-5-13)6-8-18(16)29-19/h6,8,10,13,15,17,19H,4-5,7,9,11-12H2,1-3H3,(H2,24,26)(H,25,27)/t15-,17-,19-,23+/m0/s1. The van der Waals surface area contributed by atoms with Crippen LogP contribution in [0.2, 0.25) is 0 Å². The highest BCUT2D eigenvalue weighted by Gasteiger charge is 2.56. The van der Waals surface area contributed by atoms with Crippen LogP contribution in [0, 0.1) is 11.3 Å². The molecule has 5 rings (SSSR count). The molecule has 2 heterocycles. The second-order valence-electron chi connectivity index (χ2n) is 10.2. The van der Waals surface area contributed by atoms with Gasteiger partial charge in [0, 0.05) is 22.9 Å². The number of amides is 1. The number of amidine groups is 1. The molecule has 1 amide bonds. The van der Waals surface area contributed by atoms with Gasteiger partial charge in [-0.1, -0.05) is 26.8 Å². The summed E-state index contributed by atoms with van der Waals surface area (Å²) in [4.78, 5) is 17.4. The molecule has 4 aliphatic rings. The summed E-state index contributed by atoms with van der Waals surface area (Å²) in [5, 5.41) is 3.26. The Morgan fingerprint density at radius 3 is 2.69 bits per heavy atom. The van der Waals surface area contributed by atoms with Crippen molar-refractivity contribution in [3.63, 3.8) is 0 Å². The first-order valence-electron chi connectivity index (χ1n) is 10.9. The van der Waals surface area contributed by atoms with E-state index in [0.717, 1.165) is 30.6 Å². The highest BCUT2D eigenvalue weighted by atomic mass is 16.5. The van der Waals surface area contributed by atoms with E-state index < -0.39 is 11.0 Å². The Labute approximate surface area is 172 Å². The first-order valence-corrected chi connectivity index (χ1v) is 10.9. The van der Waals surface area contributed by atoms with Gasteiger partial charge in [-0.2, -0.15) is 0 Å². The third-order valence-corrected chi connectivity index (χ3v) is 6.96. The Kier molecular flexibility index (Phi) is 4.13. The Hall–Kier alpha value is -2.24. The van der Waals surface area contributed by atoms with Gasteiger partial charge in [0.15, 0.2) is 0 Å². The molecule has 1 spiro atoms. The van der Waals surface area contributed by atoms with Crippen LogP contribution in [0.25, 0.3) is 0 Å². The molecule has 156 valence electrons. The molecule has 0 aromatic heterocycles. The number of carbonyl (C=O) groups excluding carboxylic acids is 1. The molecular formula is C23H31N3O3. The highest BCUT2D eigenvalue weighted by Crippen LogP contribution is 2.53. The van der Waals surface area contributed by atoms with E-state index in [-0.39, 0.29) is 30.0 Å². The maximum atomic E-state index is 12.6. The SMILES string of the molecule is CC(C)(C)C(=O)N[C@H]1CC[C@@H]2Oc3ccc(C4CC4)cc3[C@]3(COC(N)=N3)[C@H]2C1. The lowest BCUT2D eigenvalue weighted by atomic mass is 9.67. The lowest BCUT2D eigenvalue weighted by Gasteiger charge is -2.48. The van der Waals surface area contributed by atoms with Gasteiger partial charge in [0.1, 0.15) is 24.0 Å². The van der Waals surface area contributed by atoms with Gasteiger partial charge < -0.3 is 20.5 Å². The van der Waals surface area contributed by atoms with E-state index in [1.165, 1.54) is 18.4 Å². The van der Waals surface area contributed by atoms with Crippen LogP contribution >= 0.6 is 0 Å². The smallest absolute Gasteiger partial charge is 0.283 e. The number of carbonyl (C=O) groups is 1. The number of hydrogen-bond donors (Lipinski definition) is 2. The average molecular weight is 398 g/mol. The number of benzene rings is 1. The first kappa shape index (κ1) is 18.8. The summed E-state index contributed by atoms with van der Waals surface area (Å²) in [7, 11) is 0. The third-order valence-electron chi connectivity index (χ3n) is 6.96. The van der Waals surface area contributed by atoms with Crippen molar-refractivity contribution in [3.8, 4) is 5.75 Å². The molecule has 2 aliphatic carbocycles. The quantitative estimate of drug-likeness (QED) is 0.802. The Balaban J connectivity index is 1.49. The number of ether oxygens (including phenoxy) is 2. The molecule has 2 fully saturated rings. The van der Waals surface area contributed by atoms with Crippen molar-refractivity contribution < 1.29 is 14.3 Å². The Bertz CT molecular complexity index is 871. The number of fused-ring (bicyclic) bond motifs is 4. The number of hydrogen-bond acceptors (Lipinski definition) is 5. The summed E-state index contributed by atoms with van der Waals surface area (Å²) in [5.74, 6) is 1.79. The number of nitrogens with zero attached hydrogens (tertiary/aromatic N) is 1. The van der Waals surface area contributed by atoms with Crippen LogP contribution in [-0.2, 0) is 15.1 Å². The molecule has 6 heteroatoms. The van der Waals surface area contributed by atoms with Crippen LogP contribution in [0.1, 0.15) is 69.9 Å². The van der Waals surface area contributed by atoms with Crippen molar-refractivity contribution in [3.05, 3.63) is 29.3 Å². The van der Waals surface area contributed by atoms with Gasteiger partial charge in [-0.3, -0.25) is 4.79 Å². The van der Waals surface area contributed by atoms with E-state index in [4.69, 9.17) is 20.2 Å². The average Bonchev–Trinajstić information content (AvgIpc) is 3.45. The van der Waals surface area contributed by atoms with Gasteiger partial charge in [0.25, 0.3) is 6.02 Å². The molecule has 0 bridgehead atoms.